The molecule has 0 atom stereocenters. The van der Waals surface area contributed by atoms with Crippen molar-refractivity contribution in [2.45, 2.75) is 26.3 Å². The number of hydrogen-bond donors (Lipinski definition) is 3. The van der Waals surface area contributed by atoms with Crippen LogP contribution in [0.15, 0.2) is 46.6 Å². The lowest BCUT2D eigenvalue weighted by Crippen LogP contribution is -2.20. The second-order valence-corrected chi connectivity index (χ2v) is 6.67. The second kappa shape index (κ2) is 10.3. The van der Waals surface area contributed by atoms with Crippen molar-refractivity contribution in [1.82, 2.24) is 14.7 Å². The highest BCUT2D eigenvalue weighted by molar-refractivity contribution is 7.15. The van der Waals surface area contributed by atoms with E-state index in [1.165, 1.54) is 11.3 Å². The van der Waals surface area contributed by atoms with Gasteiger partial charge in [-0.2, -0.15) is 0 Å². The van der Waals surface area contributed by atoms with Crippen LogP contribution in [-0.4, -0.2) is 38.1 Å². The monoisotopic (exact) mass is 403 g/mol. The van der Waals surface area contributed by atoms with E-state index < -0.39 is 11.9 Å². The van der Waals surface area contributed by atoms with Gasteiger partial charge in [-0.25, -0.2) is 14.6 Å². The highest BCUT2D eigenvalue weighted by Crippen LogP contribution is 2.23. The summed E-state index contributed by atoms with van der Waals surface area (Å²) < 4.78 is 1.69. The van der Waals surface area contributed by atoms with E-state index >= 15 is 0 Å². The number of nitrogens with zero attached hydrogens (tertiary/aromatic N) is 2. The standard InChI is InChI=1S/C17H19N3OS.C2H2O4/c1-2-3-9-18-11-14-10-16(21)20-15(12-22-17(20)19-14)13-7-5-4-6-8-13;3-1(4)2(5)6/h4-8,10,12,18H,2-3,9,11H2,1H3;(H,3,4)(H,5,6). The maximum absolute atomic E-state index is 12.4. The second-order valence-electron chi connectivity index (χ2n) is 5.83. The Morgan fingerprint density at radius 2 is 1.86 bits per heavy atom. The van der Waals surface area contributed by atoms with Crippen molar-refractivity contribution in [3.63, 3.8) is 0 Å². The summed E-state index contributed by atoms with van der Waals surface area (Å²) in [5.41, 5.74) is 2.73. The highest BCUT2D eigenvalue weighted by atomic mass is 32.1. The number of carboxylic acids is 2. The Kier molecular flexibility index (Phi) is 7.85. The Bertz CT molecular complexity index is 986. The normalized spacial score (nSPS) is 10.3. The molecule has 3 rings (SSSR count). The van der Waals surface area contributed by atoms with E-state index in [9.17, 15) is 4.79 Å². The third kappa shape index (κ3) is 5.73. The molecule has 0 radical (unpaired) electrons. The zero-order valence-corrected chi connectivity index (χ0v) is 16.1. The molecule has 0 bridgehead atoms. The molecule has 9 heteroatoms. The molecule has 28 heavy (non-hydrogen) atoms. The lowest BCUT2D eigenvalue weighted by molar-refractivity contribution is -0.159. The van der Waals surface area contributed by atoms with Gasteiger partial charge in [0.05, 0.1) is 11.4 Å². The molecule has 3 aromatic rings. The first-order chi connectivity index (χ1) is 13.4. The van der Waals surface area contributed by atoms with Crippen molar-refractivity contribution in [3.8, 4) is 11.3 Å². The minimum atomic E-state index is -1.82. The smallest absolute Gasteiger partial charge is 0.414 e. The summed E-state index contributed by atoms with van der Waals surface area (Å²) >= 11 is 1.50. The molecule has 0 aliphatic rings. The molecular weight excluding hydrogens is 382 g/mol. The fourth-order valence-electron chi connectivity index (χ4n) is 2.38. The van der Waals surface area contributed by atoms with Gasteiger partial charge in [0, 0.05) is 18.0 Å². The van der Waals surface area contributed by atoms with Gasteiger partial charge >= 0.3 is 11.9 Å². The van der Waals surface area contributed by atoms with Crippen LogP contribution in [0, 0.1) is 0 Å². The van der Waals surface area contributed by atoms with E-state index in [1.807, 2.05) is 35.7 Å². The lowest BCUT2D eigenvalue weighted by Gasteiger charge is -2.05. The number of carbonyl (C=O) groups is 2. The average molecular weight is 403 g/mol. The maximum atomic E-state index is 12.4. The third-order valence-corrected chi connectivity index (χ3v) is 4.55. The molecule has 1 aromatic carbocycles. The van der Waals surface area contributed by atoms with Crippen LogP contribution in [0.1, 0.15) is 25.5 Å². The van der Waals surface area contributed by atoms with E-state index in [2.05, 4.69) is 17.2 Å². The van der Waals surface area contributed by atoms with Crippen molar-refractivity contribution in [3.05, 3.63) is 57.8 Å². The summed E-state index contributed by atoms with van der Waals surface area (Å²) in [6, 6.07) is 11.6. The van der Waals surface area contributed by atoms with Crippen molar-refractivity contribution in [2.24, 2.45) is 0 Å². The molecule has 0 amide bonds. The largest absolute Gasteiger partial charge is 0.473 e. The number of fused-ring (bicyclic) bond motifs is 1. The fourth-order valence-corrected chi connectivity index (χ4v) is 3.31. The zero-order chi connectivity index (χ0) is 20.5. The average Bonchev–Trinajstić information content (AvgIpc) is 3.11. The van der Waals surface area contributed by atoms with E-state index in [-0.39, 0.29) is 5.56 Å². The molecule has 2 heterocycles. The number of carboxylic acid groups (broad SMARTS) is 2. The molecular formula is C19H21N3O5S. The predicted molar refractivity (Wildman–Crippen MR) is 107 cm³/mol. The van der Waals surface area contributed by atoms with Gasteiger partial charge in [0.25, 0.3) is 5.56 Å². The first kappa shape index (κ1) is 21.3. The van der Waals surface area contributed by atoms with Gasteiger partial charge in [0.2, 0.25) is 0 Å². The molecule has 0 aliphatic heterocycles. The predicted octanol–water partition coefficient (Wildman–Crippen LogP) is 2.47. The number of unbranched alkanes of at least 4 members (excludes halogenated alkanes) is 1. The van der Waals surface area contributed by atoms with Crippen molar-refractivity contribution >= 4 is 28.2 Å². The number of nitrogens with one attached hydrogen (secondary N) is 1. The number of aromatic nitrogens is 2. The number of benzene rings is 1. The first-order valence-electron chi connectivity index (χ1n) is 8.66. The molecule has 0 fully saturated rings. The number of aliphatic carboxylic acids is 2. The summed E-state index contributed by atoms with van der Waals surface area (Å²) in [5, 5.41) is 20.1. The summed E-state index contributed by atoms with van der Waals surface area (Å²) in [6.45, 7) is 3.76. The number of thiazole rings is 1. The molecule has 2 aromatic heterocycles. The number of hydrogen-bond acceptors (Lipinski definition) is 6. The van der Waals surface area contributed by atoms with Crippen LogP contribution in [0.3, 0.4) is 0 Å². The van der Waals surface area contributed by atoms with E-state index in [4.69, 9.17) is 19.8 Å². The maximum Gasteiger partial charge on any atom is 0.414 e. The van der Waals surface area contributed by atoms with Crippen LogP contribution in [0.4, 0.5) is 0 Å². The van der Waals surface area contributed by atoms with Gasteiger partial charge in [-0.3, -0.25) is 9.20 Å². The zero-order valence-electron chi connectivity index (χ0n) is 15.3. The number of rotatable bonds is 6. The highest BCUT2D eigenvalue weighted by Gasteiger charge is 2.10. The lowest BCUT2D eigenvalue weighted by atomic mass is 10.2. The summed E-state index contributed by atoms with van der Waals surface area (Å²) in [4.78, 5) is 36.0. The van der Waals surface area contributed by atoms with Crippen molar-refractivity contribution in [1.29, 1.82) is 0 Å². The van der Waals surface area contributed by atoms with Gasteiger partial charge in [-0.15, -0.1) is 11.3 Å². The van der Waals surface area contributed by atoms with Gasteiger partial charge in [-0.05, 0) is 18.5 Å². The van der Waals surface area contributed by atoms with Crippen LogP contribution in [0.2, 0.25) is 0 Å². The van der Waals surface area contributed by atoms with Crippen molar-refractivity contribution < 1.29 is 19.8 Å². The van der Waals surface area contributed by atoms with Crippen LogP contribution >= 0.6 is 11.3 Å². The van der Waals surface area contributed by atoms with Gasteiger partial charge in [0.15, 0.2) is 4.96 Å². The van der Waals surface area contributed by atoms with E-state index in [0.717, 1.165) is 41.3 Å². The molecule has 148 valence electrons. The Hall–Kier alpha value is -3.04. The minimum Gasteiger partial charge on any atom is -0.473 e. The Morgan fingerprint density at radius 1 is 1.18 bits per heavy atom. The quantitative estimate of drug-likeness (QED) is 0.427. The van der Waals surface area contributed by atoms with Gasteiger partial charge < -0.3 is 15.5 Å². The Morgan fingerprint density at radius 3 is 2.46 bits per heavy atom. The summed E-state index contributed by atoms with van der Waals surface area (Å²) in [7, 11) is 0. The molecule has 8 nitrogen and oxygen atoms in total. The van der Waals surface area contributed by atoms with Gasteiger partial charge in [-0.1, -0.05) is 43.7 Å². The summed E-state index contributed by atoms with van der Waals surface area (Å²) in [6.07, 6.45) is 2.30. The van der Waals surface area contributed by atoms with Crippen molar-refractivity contribution in [2.75, 3.05) is 6.54 Å². The van der Waals surface area contributed by atoms with Crippen LogP contribution in [-0.2, 0) is 16.1 Å². The SMILES string of the molecule is CCCCNCc1cc(=O)n2c(-c3ccccc3)csc2n1.O=C(O)C(=O)O. The first-order valence-corrected chi connectivity index (χ1v) is 9.54. The third-order valence-electron chi connectivity index (χ3n) is 3.72. The van der Waals surface area contributed by atoms with Crippen LogP contribution in [0.25, 0.3) is 16.2 Å². The molecule has 0 spiro atoms. The molecule has 0 aliphatic carbocycles. The summed E-state index contributed by atoms with van der Waals surface area (Å²) in [5.74, 6) is -3.65. The van der Waals surface area contributed by atoms with E-state index in [0.29, 0.717) is 6.54 Å². The molecule has 0 saturated heterocycles. The van der Waals surface area contributed by atoms with Crippen LogP contribution < -0.4 is 10.9 Å². The molecule has 0 saturated carbocycles. The Labute approximate surface area is 165 Å². The van der Waals surface area contributed by atoms with Gasteiger partial charge in [0.1, 0.15) is 0 Å². The molecule has 0 unspecified atom stereocenters. The topological polar surface area (TPSA) is 121 Å². The fraction of sp³-hybridized carbons (Fsp3) is 0.263. The Balaban J connectivity index is 0.000000409. The molecule has 3 N–H and O–H groups in total. The minimum absolute atomic E-state index is 0.0163. The van der Waals surface area contributed by atoms with E-state index in [1.54, 1.807) is 10.5 Å². The van der Waals surface area contributed by atoms with Crippen LogP contribution in [0.5, 0.6) is 0 Å².